The van der Waals surface area contributed by atoms with E-state index < -0.39 is 10.8 Å². The number of methoxy groups -OCH3 is 1. The molecule has 8 nitrogen and oxygen atoms in total. The molecular formula is C24H19N3O5. The van der Waals surface area contributed by atoms with Crippen LogP contribution in [0.4, 0.5) is 11.4 Å². The molecule has 3 aromatic rings. The first-order chi connectivity index (χ1) is 15.5. The summed E-state index contributed by atoms with van der Waals surface area (Å²) in [5.41, 5.74) is 1.69. The molecule has 0 fully saturated rings. The molecule has 0 aliphatic carbocycles. The van der Waals surface area contributed by atoms with Crippen molar-refractivity contribution in [2.75, 3.05) is 12.4 Å². The lowest BCUT2D eigenvalue weighted by Gasteiger charge is -2.11. The second-order valence-electron chi connectivity index (χ2n) is 6.61. The number of nitrogens with one attached hydrogen (secondary N) is 1. The normalized spacial score (nSPS) is 10.7. The van der Waals surface area contributed by atoms with Crippen molar-refractivity contribution < 1.29 is 19.2 Å². The van der Waals surface area contributed by atoms with Crippen LogP contribution in [-0.4, -0.2) is 17.9 Å². The van der Waals surface area contributed by atoms with Crippen molar-refractivity contribution >= 4 is 23.4 Å². The molecule has 0 aliphatic rings. The van der Waals surface area contributed by atoms with E-state index in [-0.39, 0.29) is 11.3 Å². The number of carbonyl (C=O) groups excluding carboxylic acids is 1. The Morgan fingerprint density at radius 1 is 1.09 bits per heavy atom. The SMILES string of the molecule is COc1cc(/C=C(\C#N)C(=O)Nc2ccc([N+](=O)[O-])cc2)ccc1OCc1ccccc1. The van der Waals surface area contributed by atoms with Gasteiger partial charge in [0.05, 0.1) is 12.0 Å². The molecule has 3 aromatic carbocycles. The van der Waals surface area contributed by atoms with E-state index in [9.17, 15) is 20.2 Å². The standard InChI is InChI=1S/C24H19N3O5/c1-31-23-14-18(7-12-22(23)32-16-17-5-3-2-4-6-17)13-19(15-25)24(28)26-20-8-10-21(11-9-20)27(29)30/h2-14H,16H2,1H3,(H,26,28)/b19-13+. The molecule has 0 radical (unpaired) electrons. The highest BCUT2D eigenvalue weighted by Gasteiger charge is 2.12. The molecule has 1 N–H and O–H groups in total. The predicted molar refractivity (Wildman–Crippen MR) is 119 cm³/mol. The molecule has 0 bridgehead atoms. The van der Waals surface area contributed by atoms with Crippen LogP contribution in [0.1, 0.15) is 11.1 Å². The Kier molecular flexibility index (Phi) is 7.17. The number of nitriles is 1. The minimum absolute atomic E-state index is 0.0966. The maximum atomic E-state index is 12.5. The van der Waals surface area contributed by atoms with Gasteiger partial charge in [0.25, 0.3) is 11.6 Å². The molecule has 160 valence electrons. The first-order valence-corrected chi connectivity index (χ1v) is 9.52. The van der Waals surface area contributed by atoms with E-state index in [1.54, 1.807) is 18.2 Å². The Labute approximate surface area is 184 Å². The van der Waals surface area contributed by atoms with E-state index in [4.69, 9.17) is 9.47 Å². The molecule has 0 unspecified atom stereocenters. The van der Waals surface area contributed by atoms with Gasteiger partial charge in [0, 0.05) is 17.8 Å². The third kappa shape index (κ3) is 5.70. The van der Waals surface area contributed by atoms with Crippen molar-refractivity contribution in [2.24, 2.45) is 0 Å². The van der Waals surface area contributed by atoms with E-state index in [0.717, 1.165) is 5.56 Å². The Morgan fingerprint density at radius 2 is 1.81 bits per heavy atom. The third-order valence-electron chi connectivity index (χ3n) is 4.44. The fraction of sp³-hybridized carbons (Fsp3) is 0.0833. The van der Waals surface area contributed by atoms with Gasteiger partial charge in [-0.25, -0.2) is 0 Å². The molecule has 0 aliphatic heterocycles. The van der Waals surface area contributed by atoms with Gasteiger partial charge in [0.15, 0.2) is 11.5 Å². The molecule has 0 heterocycles. The predicted octanol–water partition coefficient (Wildman–Crippen LogP) is 4.73. The number of amides is 1. The molecular weight excluding hydrogens is 410 g/mol. The Morgan fingerprint density at radius 3 is 2.44 bits per heavy atom. The molecule has 0 saturated carbocycles. The van der Waals surface area contributed by atoms with Crippen LogP contribution in [0.15, 0.2) is 78.4 Å². The van der Waals surface area contributed by atoms with Crippen LogP contribution in [-0.2, 0) is 11.4 Å². The fourth-order valence-electron chi connectivity index (χ4n) is 2.81. The van der Waals surface area contributed by atoms with Crippen LogP contribution in [0.2, 0.25) is 0 Å². The zero-order valence-corrected chi connectivity index (χ0v) is 17.1. The van der Waals surface area contributed by atoms with Gasteiger partial charge in [0.2, 0.25) is 0 Å². The minimum atomic E-state index is -0.635. The summed E-state index contributed by atoms with van der Waals surface area (Å²) in [6, 6.07) is 22.0. The highest BCUT2D eigenvalue weighted by molar-refractivity contribution is 6.09. The average molecular weight is 429 g/mol. The van der Waals surface area contributed by atoms with Gasteiger partial charge in [-0.15, -0.1) is 0 Å². The number of rotatable bonds is 8. The number of carbonyl (C=O) groups is 1. The zero-order chi connectivity index (χ0) is 22.9. The van der Waals surface area contributed by atoms with Crippen molar-refractivity contribution in [3.63, 3.8) is 0 Å². The van der Waals surface area contributed by atoms with E-state index >= 15 is 0 Å². The van der Waals surface area contributed by atoms with Crippen molar-refractivity contribution in [1.82, 2.24) is 0 Å². The number of hydrogen-bond acceptors (Lipinski definition) is 6. The lowest BCUT2D eigenvalue weighted by Crippen LogP contribution is -2.13. The smallest absolute Gasteiger partial charge is 0.269 e. The maximum Gasteiger partial charge on any atom is 0.269 e. The average Bonchev–Trinajstić information content (AvgIpc) is 2.82. The molecule has 0 saturated heterocycles. The van der Waals surface area contributed by atoms with Crippen LogP contribution < -0.4 is 14.8 Å². The number of nitro benzene ring substituents is 1. The number of non-ortho nitro benzene ring substituents is 1. The van der Waals surface area contributed by atoms with Gasteiger partial charge in [-0.2, -0.15) is 5.26 Å². The summed E-state index contributed by atoms with van der Waals surface area (Å²) < 4.78 is 11.2. The van der Waals surface area contributed by atoms with Crippen LogP contribution in [0.3, 0.4) is 0 Å². The summed E-state index contributed by atoms with van der Waals surface area (Å²) in [6.07, 6.45) is 1.42. The van der Waals surface area contributed by atoms with Gasteiger partial charge >= 0.3 is 0 Å². The summed E-state index contributed by atoms with van der Waals surface area (Å²) >= 11 is 0. The minimum Gasteiger partial charge on any atom is -0.493 e. The summed E-state index contributed by atoms with van der Waals surface area (Å²) in [5.74, 6) is 0.356. The molecule has 8 heteroatoms. The van der Waals surface area contributed by atoms with Gasteiger partial charge in [-0.3, -0.25) is 14.9 Å². The van der Waals surface area contributed by atoms with E-state index in [2.05, 4.69) is 5.32 Å². The maximum absolute atomic E-state index is 12.5. The Hall–Kier alpha value is -4.64. The first kappa shape index (κ1) is 22.1. The summed E-state index contributed by atoms with van der Waals surface area (Å²) in [6.45, 7) is 0.369. The van der Waals surface area contributed by atoms with E-state index in [1.807, 2.05) is 36.4 Å². The summed E-state index contributed by atoms with van der Waals surface area (Å²) in [5, 5.41) is 22.7. The van der Waals surface area contributed by atoms with Crippen LogP contribution >= 0.6 is 0 Å². The number of ether oxygens (including phenoxy) is 2. The highest BCUT2D eigenvalue weighted by Crippen LogP contribution is 2.30. The highest BCUT2D eigenvalue weighted by atomic mass is 16.6. The van der Waals surface area contributed by atoms with Crippen molar-refractivity contribution in [3.8, 4) is 17.6 Å². The number of nitrogens with zero attached hydrogens (tertiary/aromatic N) is 2. The molecule has 0 spiro atoms. The number of benzene rings is 3. The zero-order valence-electron chi connectivity index (χ0n) is 17.1. The van der Waals surface area contributed by atoms with Crippen molar-refractivity contribution in [1.29, 1.82) is 5.26 Å². The van der Waals surface area contributed by atoms with E-state index in [1.165, 1.54) is 37.5 Å². The Balaban J connectivity index is 1.73. The first-order valence-electron chi connectivity index (χ1n) is 9.52. The molecule has 1 amide bonds. The topological polar surface area (TPSA) is 114 Å². The van der Waals surface area contributed by atoms with Crippen molar-refractivity contribution in [2.45, 2.75) is 6.61 Å². The quantitative estimate of drug-likeness (QED) is 0.240. The van der Waals surface area contributed by atoms with Crippen molar-refractivity contribution in [3.05, 3.63) is 99.6 Å². The molecule has 0 aromatic heterocycles. The fourth-order valence-corrected chi connectivity index (χ4v) is 2.81. The second-order valence-corrected chi connectivity index (χ2v) is 6.61. The monoisotopic (exact) mass is 429 g/mol. The van der Waals surface area contributed by atoms with Gasteiger partial charge < -0.3 is 14.8 Å². The lowest BCUT2D eigenvalue weighted by molar-refractivity contribution is -0.384. The summed E-state index contributed by atoms with van der Waals surface area (Å²) in [7, 11) is 1.50. The largest absolute Gasteiger partial charge is 0.493 e. The second kappa shape index (κ2) is 10.4. The molecule has 3 rings (SSSR count). The number of hydrogen-bond donors (Lipinski definition) is 1. The number of anilines is 1. The molecule has 0 atom stereocenters. The van der Waals surface area contributed by atoms with E-state index in [0.29, 0.717) is 29.4 Å². The third-order valence-corrected chi connectivity index (χ3v) is 4.44. The van der Waals surface area contributed by atoms with Gasteiger partial charge in [-0.1, -0.05) is 36.4 Å². The number of nitro groups is 1. The van der Waals surface area contributed by atoms with Crippen LogP contribution in [0, 0.1) is 21.4 Å². The van der Waals surface area contributed by atoms with Gasteiger partial charge in [0.1, 0.15) is 18.2 Å². The Bertz CT molecular complexity index is 1180. The molecule has 32 heavy (non-hydrogen) atoms. The summed E-state index contributed by atoms with van der Waals surface area (Å²) in [4.78, 5) is 22.6. The van der Waals surface area contributed by atoms with Crippen LogP contribution in [0.25, 0.3) is 6.08 Å². The van der Waals surface area contributed by atoms with Gasteiger partial charge in [-0.05, 0) is 41.5 Å². The lowest BCUT2D eigenvalue weighted by atomic mass is 10.1. The van der Waals surface area contributed by atoms with Crippen LogP contribution in [0.5, 0.6) is 11.5 Å².